The first-order chi connectivity index (χ1) is 7.76. The Hall–Kier alpha value is -0.160. The highest BCUT2D eigenvalue weighted by Gasteiger charge is 2.13. The maximum atomic E-state index is 9.19. The van der Waals surface area contributed by atoms with Crippen LogP contribution >= 0.6 is 0 Å². The van der Waals surface area contributed by atoms with Crippen LogP contribution < -0.4 is 5.32 Å². The molecule has 0 bridgehead atoms. The fourth-order valence-electron chi connectivity index (χ4n) is 2.26. The highest BCUT2D eigenvalue weighted by atomic mass is 16.3. The lowest BCUT2D eigenvalue weighted by molar-refractivity contribution is 0.188. The van der Waals surface area contributed by atoms with Crippen LogP contribution in [-0.4, -0.2) is 73.9 Å². The maximum Gasteiger partial charge on any atom is 0.0597 e. The maximum absolute atomic E-state index is 9.19. The molecule has 1 heterocycles. The second kappa shape index (κ2) is 8.01. The normalized spacial score (nSPS) is 19.5. The van der Waals surface area contributed by atoms with Crippen molar-refractivity contribution >= 4 is 0 Å². The van der Waals surface area contributed by atoms with Gasteiger partial charge in [-0.3, -0.25) is 0 Å². The second-order valence-electron chi connectivity index (χ2n) is 4.75. The second-order valence-corrected chi connectivity index (χ2v) is 4.75. The molecule has 1 fully saturated rings. The molecule has 0 aromatic carbocycles. The predicted molar refractivity (Wildman–Crippen MR) is 67.7 cm³/mol. The molecule has 1 aliphatic rings. The Labute approximate surface area is 99.6 Å². The minimum absolute atomic E-state index is 0.216. The van der Waals surface area contributed by atoms with Crippen LogP contribution in [0.4, 0.5) is 0 Å². The number of rotatable bonds is 8. The van der Waals surface area contributed by atoms with Gasteiger partial charge in [-0.25, -0.2) is 0 Å². The third-order valence-electron chi connectivity index (χ3n) is 3.24. The van der Waals surface area contributed by atoms with E-state index in [1.807, 2.05) is 0 Å². The van der Waals surface area contributed by atoms with Gasteiger partial charge in [-0.1, -0.05) is 6.92 Å². The summed E-state index contributed by atoms with van der Waals surface area (Å²) in [6.07, 6.45) is 2.72. The SMILES string of the molecule is CCNC(CO)CN(C)CCN1CCCC1. The third-order valence-corrected chi connectivity index (χ3v) is 3.24. The molecule has 0 aromatic rings. The van der Waals surface area contributed by atoms with E-state index in [1.54, 1.807) is 0 Å². The Morgan fingerprint density at radius 3 is 2.62 bits per heavy atom. The first-order valence-electron chi connectivity index (χ1n) is 6.51. The zero-order valence-corrected chi connectivity index (χ0v) is 10.8. The third kappa shape index (κ3) is 5.25. The van der Waals surface area contributed by atoms with Gasteiger partial charge in [0, 0.05) is 25.7 Å². The molecule has 0 spiro atoms. The molecule has 16 heavy (non-hydrogen) atoms. The smallest absolute Gasteiger partial charge is 0.0597 e. The molecule has 1 rings (SSSR count). The Balaban J connectivity index is 2.10. The summed E-state index contributed by atoms with van der Waals surface area (Å²) in [5.74, 6) is 0. The average Bonchev–Trinajstić information content (AvgIpc) is 2.78. The van der Waals surface area contributed by atoms with Gasteiger partial charge in [0.05, 0.1) is 6.61 Å². The molecule has 0 amide bonds. The van der Waals surface area contributed by atoms with Crippen LogP contribution in [0.15, 0.2) is 0 Å². The molecular formula is C12H27N3O. The molecule has 2 N–H and O–H groups in total. The fraction of sp³-hybridized carbons (Fsp3) is 1.00. The lowest BCUT2D eigenvalue weighted by Gasteiger charge is -2.25. The summed E-state index contributed by atoms with van der Waals surface area (Å²) < 4.78 is 0. The van der Waals surface area contributed by atoms with Crippen LogP contribution in [0.3, 0.4) is 0 Å². The van der Waals surface area contributed by atoms with E-state index >= 15 is 0 Å². The Kier molecular flexibility index (Phi) is 6.96. The van der Waals surface area contributed by atoms with Gasteiger partial charge in [-0.05, 0) is 39.5 Å². The lowest BCUT2D eigenvalue weighted by Crippen LogP contribution is -2.43. The van der Waals surface area contributed by atoms with E-state index in [1.165, 1.54) is 32.5 Å². The van der Waals surface area contributed by atoms with Crippen LogP contribution in [0.25, 0.3) is 0 Å². The topological polar surface area (TPSA) is 38.7 Å². The van der Waals surface area contributed by atoms with Gasteiger partial charge in [0.25, 0.3) is 0 Å². The molecule has 1 atom stereocenters. The summed E-state index contributed by atoms with van der Waals surface area (Å²) in [5.41, 5.74) is 0. The van der Waals surface area contributed by atoms with E-state index in [-0.39, 0.29) is 12.6 Å². The van der Waals surface area contributed by atoms with Crippen molar-refractivity contribution in [1.82, 2.24) is 15.1 Å². The largest absolute Gasteiger partial charge is 0.395 e. The molecule has 1 aliphatic heterocycles. The Morgan fingerprint density at radius 1 is 1.38 bits per heavy atom. The zero-order chi connectivity index (χ0) is 11.8. The minimum Gasteiger partial charge on any atom is -0.395 e. The van der Waals surface area contributed by atoms with Crippen molar-refractivity contribution in [2.24, 2.45) is 0 Å². The van der Waals surface area contributed by atoms with Crippen LogP contribution in [0, 0.1) is 0 Å². The van der Waals surface area contributed by atoms with Crippen molar-refractivity contribution in [3.05, 3.63) is 0 Å². The van der Waals surface area contributed by atoms with E-state index in [9.17, 15) is 5.11 Å². The highest BCUT2D eigenvalue weighted by Crippen LogP contribution is 2.06. The summed E-state index contributed by atoms with van der Waals surface area (Å²) in [7, 11) is 2.13. The summed E-state index contributed by atoms with van der Waals surface area (Å²) in [4.78, 5) is 4.83. The molecule has 96 valence electrons. The summed E-state index contributed by atoms with van der Waals surface area (Å²) >= 11 is 0. The van der Waals surface area contributed by atoms with Crippen LogP contribution in [-0.2, 0) is 0 Å². The van der Waals surface area contributed by atoms with Gasteiger partial charge in [0.2, 0.25) is 0 Å². The number of nitrogens with one attached hydrogen (secondary N) is 1. The van der Waals surface area contributed by atoms with E-state index < -0.39 is 0 Å². The number of nitrogens with zero attached hydrogens (tertiary/aromatic N) is 2. The van der Waals surface area contributed by atoms with Crippen molar-refractivity contribution in [3.63, 3.8) is 0 Å². The van der Waals surface area contributed by atoms with Gasteiger partial charge < -0.3 is 20.2 Å². The molecule has 0 radical (unpaired) electrons. The first-order valence-corrected chi connectivity index (χ1v) is 6.51. The van der Waals surface area contributed by atoms with E-state index in [2.05, 4.69) is 29.1 Å². The molecule has 1 saturated heterocycles. The van der Waals surface area contributed by atoms with Crippen molar-refractivity contribution in [1.29, 1.82) is 0 Å². The Morgan fingerprint density at radius 2 is 2.06 bits per heavy atom. The van der Waals surface area contributed by atoms with Crippen LogP contribution in [0.5, 0.6) is 0 Å². The molecule has 0 aliphatic carbocycles. The number of aliphatic hydroxyl groups excluding tert-OH is 1. The van der Waals surface area contributed by atoms with Crippen molar-refractivity contribution in [2.45, 2.75) is 25.8 Å². The number of hydrogen-bond donors (Lipinski definition) is 2. The van der Waals surface area contributed by atoms with E-state index in [0.717, 1.165) is 19.6 Å². The van der Waals surface area contributed by atoms with Crippen molar-refractivity contribution < 1.29 is 5.11 Å². The molecular weight excluding hydrogens is 202 g/mol. The number of hydrogen-bond acceptors (Lipinski definition) is 4. The van der Waals surface area contributed by atoms with Gasteiger partial charge in [0.15, 0.2) is 0 Å². The highest BCUT2D eigenvalue weighted by molar-refractivity contribution is 4.71. The van der Waals surface area contributed by atoms with Gasteiger partial charge >= 0.3 is 0 Å². The lowest BCUT2D eigenvalue weighted by atomic mass is 10.3. The first kappa shape index (κ1) is 13.9. The van der Waals surface area contributed by atoms with Crippen molar-refractivity contribution in [3.8, 4) is 0 Å². The molecule has 4 nitrogen and oxygen atoms in total. The molecule has 1 unspecified atom stereocenters. The average molecular weight is 229 g/mol. The monoisotopic (exact) mass is 229 g/mol. The molecule has 0 aromatic heterocycles. The van der Waals surface area contributed by atoms with Gasteiger partial charge in [-0.2, -0.15) is 0 Å². The van der Waals surface area contributed by atoms with E-state index in [4.69, 9.17) is 0 Å². The zero-order valence-electron chi connectivity index (χ0n) is 10.8. The quantitative estimate of drug-likeness (QED) is 0.614. The predicted octanol–water partition coefficient (Wildman–Crippen LogP) is -0.0156. The van der Waals surface area contributed by atoms with Crippen LogP contribution in [0.2, 0.25) is 0 Å². The fourth-order valence-corrected chi connectivity index (χ4v) is 2.26. The molecule has 4 heteroatoms. The minimum atomic E-state index is 0.216. The summed E-state index contributed by atoms with van der Waals surface area (Å²) in [6, 6.07) is 0.216. The van der Waals surface area contributed by atoms with Gasteiger partial charge in [0.1, 0.15) is 0 Å². The Bertz CT molecular complexity index is 172. The number of likely N-dealkylation sites (tertiary alicyclic amines) is 1. The van der Waals surface area contributed by atoms with Crippen molar-refractivity contribution in [2.75, 3.05) is 52.9 Å². The van der Waals surface area contributed by atoms with Gasteiger partial charge in [-0.15, -0.1) is 0 Å². The standard InChI is InChI=1S/C12H27N3O/c1-3-13-12(11-16)10-14(2)8-9-15-6-4-5-7-15/h12-13,16H,3-11H2,1-2H3. The number of likely N-dealkylation sites (N-methyl/N-ethyl adjacent to an activating group) is 2. The van der Waals surface area contributed by atoms with E-state index in [0.29, 0.717) is 0 Å². The summed E-state index contributed by atoms with van der Waals surface area (Å²) in [6.45, 7) is 8.95. The number of aliphatic hydroxyl groups is 1. The molecule has 0 saturated carbocycles. The van der Waals surface area contributed by atoms with Crippen LogP contribution in [0.1, 0.15) is 19.8 Å². The summed E-state index contributed by atoms with van der Waals surface area (Å²) in [5, 5.41) is 12.5.